The molecule has 1 aromatic heterocycles. The Morgan fingerprint density at radius 2 is 2.00 bits per heavy atom. The third kappa shape index (κ3) is 3.95. The highest BCUT2D eigenvalue weighted by Gasteiger charge is 2.31. The smallest absolute Gasteiger partial charge is 0.406 e. The molecule has 1 aliphatic heterocycles. The molecule has 0 saturated carbocycles. The number of carbonyl (C=O) groups is 1. The molecule has 142 valence electrons. The molecule has 1 aromatic carbocycles. The van der Waals surface area contributed by atoms with Gasteiger partial charge < -0.3 is 19.5 Å². The second-order valence-corrected chi connectivity index (χ2v) is 6.68. The Morgan fingerprint density at radius 3 is 2.62 bits per heavy atom. The molecule has 1 fully saturated rings. The Morgan fingerprint density at radius 1 is 1.31 bits per heavy atom. The maximum Gasteiger partial charge on any atom is 0.406 e. The number of nitrogens with one attached hydrogen (secondary N) is 1. The number of aromatic nitrogens is 1. The summed E-state index contributed by atoms with van der Waals surface area (Å²) in [6, 6.07) is 6.86. The van der Waals surface area contributed by atoms with E-state index in [2.05, 4.69) is 22.0 Å². The average molecular weight is 369 g/mol. The summed E-state index contributed by atoms with van der Waals surface area (Å²) in [6.45, 7) is 0.699. The van der Waals surface area contributed by atoms with Gasteiger partial charge in [-0.15, -0.1) is 0 Å². The zero-order chi connectivity index (χ0) is 18.9. The van der Waals surface area contributed by atoms with Crippen LogP contribution in [0.3, 0.4) is 0 Å². The standard InChI is InChI=1S/C18H22F3N3O2/c1-23-8-6-12(7-9-23)22-14-4-3-5-15-13(14)10-16(17(25)26-2)24(15)11-18(19,20)21/h3-5,10,12,22H,6-9,11H2,1-2H3. The van der Waals surface area contributed by atoms with Gasteiger partial charge in [-0.25, -0.2) is 4.79 Å². The van der Waals surface area contributed by atoms with E-state index in [1.165, 1.54) is 6.07 Å². The van der Waals surface area contributed by atoms with E-state index in [1.807, 2.05) is 6.07 Å². The molecular formula is C18H22F3N3O2. The van der Waals surface area contributed by atoms with Gasteiger partial charge in [0.15, 0.2) is 0 Å². The quantitative estimate of drug-likeness (QED) is 0.838. The Hall–Kier alpha value is -2.22. The number of ether oxygens (including phenoxy) is 1. The first-order valence-corrected chi connectivity index (χ1v) is 8.51. The van der Waals surface area contributed by atoms with E-state index in [1.54, 1.807) is 12.1 Å². The first-order valence-electron chi connectivity index (χ1n) is 8.51. The number of carbonyl (C=O) groups excluding carboxylic acids is 1. The average Bonchev–Trinajstić information content (AvgIpc) is 2.94. The van der Waals surface area contributed by atoms with Gasteiger partial charge in [-0.2, -0.15) is 13.2 Å². The van der Waals surface area contributed by atoms with Gasteiger partial charge >= 0.3 is 12.1 Å². The molecule has 2 heterocycles. The van der Waals surface area contributed by atoms with Crippen molar-refractivity contribution < 1.29 is 22.7 Å². The number of benzene rings is 1. The number of esters is 1. The van der Waals surface area contributed by atoms with E-state index >= 15 is 0 Å². The van der Waals surface area contributed by atoms with Gasteiger partial charge in [-0.1, -0.05) is 6.07 Å². The van der Waals surface area contributed by atoms with E-state index in [0.717, 1.165) is 43.3 Å². The SMILES string of the molecule is COC(=O)c1cc2c(NC3CCN(C)CC3)cccc2n1CC(F)(F)F. The summed E-state index contributed by atoms with van der Waals surface area (Å²) < 4.78 is 44.7. The zero-order valence-electron chi connectivity index (χ0n) is 14.8. The molecule has 8 heteroatoms. The summed E-state index contributed by atoms with van der Waals surface area (Å²) in [5.41, 5.74) is 1.00. The number of likely N-dealkylation sites (tertiary alicyclic amines) is 1. The number of hydrogen-bond donors (Lipinski definition) is 1. The number of rotatable bonds is 4. The van der Waals surface area contributed by atoms with E-state index in [-0.39, 0.29) is 11.7 Å². The Labute approximate surface area is 149 Å². The van der Waals surface area contributed by atoms with Crippen molar-refractivity contribution >= 4 is 22.6 Å². The second kappa shape index (κ2) is 7.19. The molecule has 0 unspecified atom stereocenters. The summed E-state index contributed by atoms with van der Waals surface area (Å²) in [4.78, 5) is 14.2. The Balaban J connectivity index is 1.99. The van der Waals surface area contributed by atoms with Crippen molar-refractivity contribution in [1.29, 1.82) is 0 Å². The Kier molecular flexibility index (Phi) is 5.13. The van der Waals surface area contributed by atoms with Crippen molar-refractivity contribution in [2.24, 2.45) is 0 Å². The fourth-order valence-electron chi connectivity index (χ4n) is 3.41. The molecule has 0 bridgehead atoms. The minimum absolute atomic E-state index is 0.0996. The third-order valence-corrected chi connectivity index (χ3v) is 4.76. The number of nitrogens with zero attached hydrogens (tertiary/aromatic N) is 2. The molecule has 1 aliphatic rings. The van der Waals surface area contributed by atoms with Crippen LogP contribution in [-0.4, -0.2) is 54.9 Å². The van der Waals surface area contributed by atoms with Crippen LogP contribution in [-0.2, 0) is 11.3 Å². The normalized spacial score (nSPS) is 16.8. The van der Waals surface area contributed by atoms with Crippen LogP contribution >= 0.6 is 0 Å². The van der Waals surface area contributed by atoms with Gasteiger partial charge in [-0.05, 0) is 51.2 Å². The summed E-state index contributed by atoms with van der Waals surface area (Å²) in [7, 11) is 3.23. The van der Waals surface area contributed by atoms with Gasteiger partial charge in [0.05, 0.1) is 12.6 Å². The second-order valence-electron chi connectivity index (χ2n) is 6.68. The maximum absolute atomic E-state index is 13.0. The molecule has 1 N–H and O–H groups in total. The van der Waals surface area contributed by atoms with E-state index in [0.29, 0.717) is 10.9 Å². The first-order chi connectivity index (χ1) is 12.3. The van der Waals surface area contributed by atoms with Crippen LogP contribution < -0.4 is 5.32 Å². The predicted molar refractivity (Wildman–Crippen MR) is 93.5 cm³/mol. The zero-order valence-corrected chi connectivity index (χ0v) is 14.8. The summed E-state index contributed by atoms with van der Waals surface area (Å²) >= 11 is 0. The molecule has 3 rings (SSSR count). The lowest BCUT2D eigenvalue weighted by atomic mass is 10.0. The minimum atomic E-state index is -4.44. The van der Waals surface area contributed by atoms with Crippen LogP contribution in [0.1, 0.15) is 23.3 Å². The molecule has 1 saturated heterocycles. The van der Waals surface area contributed by atoms with Crippen LogP contribution in [0.2, 0.25) is 0 Å². The monoisotopic (exact) mass is 369 g/mol. The van der Waals surface area contributed by atoms with Gasteiger partial charge in [0.1, 0.15) is 12.2 Å². The highest BCUT2D eigenvalue weighted by molar-refractivity contribution is 6.00. The summed E-state index contributed by atoms with van der Waals surface area (Å²) in [5.74, 6) is -0.782. The van der Waals surface area contributed by atoms with Crippen LogP contribution in [0.15, 0.2) is 24.3 Å². The highest BCUT2D eigenvalue weighted by atomic mass is 19.4. The van der Waals surface area contributed by atoms with Crippen LogP contribution in [0, 0.1) is 0 Å². The molecule has 0 spiro atoms. The first kappa shape index (κ1) is 18.6. The third-order valence-electron chi connectivity index (χ3n) is 4.76. The highest BCUT2D eigenvalue weighted by Crippen LogP contribution is 2.31. The van der Waals surface area contributed by atoms with Crippen molar-refractivity contribution in [1.82, 2.24) is 9.47 Å². The van der Waals surface area contributed by atoms with Crippen molar-refractivity contribution in [3.63, 3.8) is 0 Å². The van der Waals surface area contributed by atoms with Crippen molar-refractivity contribution in [2.45, 2.75) is 31.6 Å². The Bertz CT molecular complexity index is 793. The lowest BCUT2D eigenvalue weighted by molar-refractivity contribution is -0.140. The minimum Gasteiger partial charge on any atom is -0.464 e. The lowest BCUT2D eigenvalue weighted by Gasteiger charge is -2.30. The van der Waals surface area contributed by atoms with Crippen molar-refractivity contribution in [3.8, 4) is 0 Å². The van der Waals surface area contributed by atoms with Gasteiger partial charge in [0, 0.05) is 17.1 Å². The molecule has 2 aromatic rings. The van der Waals surface area contributed by atoms with Crippen molar-refractivity contribution in [3.05, 3.63) is 30.0 Å². The number of alkyl halides is 3. The van der Waals surface area contributed by atoms with Gasteiger partial charge in [-0.3, -0.25) is 0 Å². The number of halogens is 3. The summed E-state index contributed by atoms with van der Waals surface area (Å²) in [5, 5.41) is 4.02. The van der Waals surface area contributed by atoms with E-state index in [4.69, 9.17) is 0 Å². The van der Waals surface area contributed by atoms with Gasteiger partial charge in [0.25, 0.3) is 0 Å². The largest absolute Gasteiger partial charge is 0.464 e. The molecule has 26 heavy (non-hydrogen) atoms. The van der Waals surface area contributed by atoms with E-state index in [9.17, 15) is 18.0 Å². The number of hydrogen-bond acceptors (Lipinski definition) is 4. The fourth-order valence-corrected chi connectivity index (χ4v) is 3.41. The van der Waals surface area contributed by atoms with Crippen LogP contribution in [0.5, 0.6) is 0 Å². The number of fused-ring (bicyclic) bond motifs is 1. The topological polar surface area (TPSA) is 46.5 Å². The molecule has 0 aliphatic carbocycles. The van der Waals surface area contributed by atoms with Gasteiger partial charge in [0.2, 0.25) is 0 Å². The fraction of sp³-hybridized carbons (Fsp3) is 0.500. The van der Waals surface area contributed by atoms with E-state index < -0.39 is 18.7 Å². The number of anilines is 1. The molecule has 0 radical (unpaired) electrons. The van der Waals surface area contributed by atoms with Crippen molar-refractivity contribution in [2.75, 3.05) is 32.6 Å². The van der Waals surface area contributed by atoms with Crippen LogP contribution in [0.25, 0.3) is 10.9 Å². The van der Waals surface area contributed by atoms with Crippen LogP contribution in [0.4, 0.5) is 18.9 Å². The molecule has 0 atom stereocenters. The summed E-state index contributed by atoms with van der Waals surface area (Å²) in [6.07, 6.45) is -2.52. The lowest BCUT2D eigenvalue weighted by Crippen LogP contribution is -2.36. The molecule has 0 amide bonds. The predicted octanol–water partition coefficient (Wildman–Crippen LogP) is 3.50. The number of piperidine rings is 1. The molecule has 5 nitrogen and oxygen atoms in total. The maximum atomic E-state index is 13.0. The molecular weight excluding hydrogens is 347 g/mol. The number of methoxy groups -OCH3 is 1.